The molecule has 1 fully saturated rings. The Bertz CT molecular complexity index is 400. The highest BCUT2D eigenvalue weighted by Crippen LogP contribution is 2.24. The van der Waals surface area contributed by atoms with Crippen LogP contribution in [-0.4, -0.2) is 42.6 Å². The first-order valence-corrected chi connectivity index (χ1v) is 6.82. The Morgan fingerprint density at radius 2 is 2.00 bits per heavy atom. The Morgan fingerprint density at radius 1 is 1.33 bits per heavy atom. The van der Waals surface area contributed by atoms with Gasteiger partial charge in [0.05, 0.1) is 10.7 Å². The molecule has 2 rings (SSSR count). The minimum atomic E-state index is 0.592. The number of hydrogen-bond acceptors (Lipinski definition) is 4. The summed E-state index contributed by atoms with van der Waals surface area (Å²) in [5.74, 6) is 1.58. The molecule has 1 saturated heterocycles. The summed E-state index contributed by atoms with van der Waals surface area (Å²) in [4.78, 5) is 9.07. The average molecular weight is 269 g/mol. The van der Waals surface area contributed by atoms with Crippen molar-refractivity contribution in [2.24, 2.45) is 5.92 Å². The van der Waals surface area contributed by atoms with Crippen LogP contribution < -0.4 is 10.6 Å². The van der Waals surface area contributed by atoms with Crippen molar-refractivity contribution in [1.29, 1.82) is 0 Å². The molecule has 0 radical (unpaired) electrons. The molecule has 18 heavy (non-hydrogen) atoms. The van der Waals surface area contributed by atoms with Gasteiger partial charge in [-0.05, 0) is 12.0 Å². The standard InChI is InChI=1S/C13H21ClN4/c1-10(2)9-17-3-5-18(6-4-17)13-12(15)7-11(14)8-16-13/h7-8,10H,3-6,9,15H2,1-2H3. The molecular weight excluding hydrogens is 248 g/mol. The zero-order chi connectivity index (χ0) is 13.1. The van der Waals surface area contributed by atoms with Gasteiger partial charge in [0.15, 0.2) is 5.82 Å². The molecule has 0 unspecified atom stereocenters. The lowest BCUT2D eigenvalue weighted by Crippen LogP contribution is -2.47. The predicted octanol–water partition coefficient (Wildman–Crippen LogP) is 2.10. The monoisotopic (exact) mass is 268 g/mol. The Balaban J connectivity index is 1.97. The van der Waals surface area contributed by atoms with Crippen LogP contribution in [0.4, 0.5) is 11.5 Å². The summed E-state index contributed by atoms with van der Waals surface area (Å²) in [6.07, 6.45) is 1.66. The van der Waals surface area contributed by atoms with E-state index in [9.17, 15) is 0 Å². The van der Waals surface area contributed by atoms with Crippen molar-refractivity contribution >= 4 is 23.1 Å². The van der Waals surface area contributed by atoms with Crippen molar-refractivity contribution in [1.82, 2.24) is 9.88 Å². The number of halogens is 1. The first-order chi connectivity index (χ1) is 8.56. The number of nitrogens with two attached hydrogens (primary N) is 1. The SMILES string of the molecule is CC(C)CN1CCN(c2ncc(Cl)cc2N)CC1. The smallest absolute Gasteiger partial charge is 0.151 e. The molecule has 0 spiro atoms. The summed E-state index contributed by atoms with van der Waals surface area (Å²) in [6.45, 7) is 9.77. The summed E-state index contributed by atoms with van der Waals surface area (Å²) in [7, 11) is 0. The molecule has 2 heterocycles. The fourth-order valence-electron chi connectivity index (χ4n) is 2.37. The van der Waals surface area contributed by atoms with Gasteiger partial charge in [0, 0.05) is 38.9 Å². The normalized spacial score (nSPS) is 17.4. The van der Waals surface area contributed by atoms with Gasteiger partial charge in [0.2, 0.25) is 0 Å². The number of nitrogens with zero attached hydrogens (tertiary/aromatic N) is 3. The third-order valence-corrected chi connectivity index (χ3v) is 3.36. The van der Waals surface area contributed by atoms with Crippen LogP contribution in [0.3, 0.4) is 0 Å². The number of pyridine rings is 1. The van der Waals surface area contributed by atoms with Gasteiger partial charge in [-0.1, -0.05) is 25.4 Å². The van der Waals surface area contributed by atoms with E-state index in [-0.39, 0.29) is 0 Å². The molecule has 0 aromatic carbocycles. The van der Waals surface area contributed by atoms with Crippen molar-refractivity contribution in [3.63, 3.8) is 0 Å². The summed E-state index contributed by atoms with van der Waals surface area (Å²) >= 11 is 5.87. The molecule has 1 aliphatic rings. The molecule has 2 N–H and O–H groups in total. The van der Waals surface area contributed by atoms with Gasteiger partial charge in [-0.15, -0.1) is 0 Å². The summed E-state index contributed by atoms with van der Waals surface area (Å²) in [6, 6.07) is 1.77. The van der Waals surface area contributed by atoms with Crippen LogP contribution >= 0.6 is 11.6 Å². The zero-order valence-electron chi connectivity index (χ0n) is 11.1. The highest BCUT2D eigenvalue weighted by atomic mass is 35.5. The molecule has 100 valence electrons. The lowest BCUT2D eigenvalue weighted by molar-refractivity contribution is 0.231. The van der Waals surface area contributed by atoms with Gasteiger partial charge in [-0.3, -0.25) is 4.90 Å². The Kier molecular flexibility index (Phi) is 4.30. The molecule has 1 aromatic heterocycles. The molecule has 1 aromatic rings. The number of nitrogen functional groups attached to an aromatic ring is 1. The lowest BCUT2D eigenvalue weighted by Gasteiger charge is -2.36. The highest BCUT2D eigenvalue weighted by Gasteiger charge is 2.19. The predicted molar refractivity (Wildman–Crippen MR) is 77.2 cm³/mol. The molecular formula is C13H21ClN4. The van der Waals surface area contributed by atoms with Crippen LogP contribution in [0, 0.1) is 5.92 Å². The van der Waals surface area contributed by atoms with Crippen LogP contribution in [0.15, 0.2) is 12.3 Å². The second kappa shape index (κ2) is 5.76. The first-order valence-electron chi connectivity index (χ1n) is 6.44. The third kappa shape index (κ3) is 3.27. The molecule has 0 atom stereocenters. The fourth-order valence-corrected chi connectivity index (χ4v) is 2.54. The van der Waals surface area contributed by atoms with Gasteiger partial charge < -0.3 is 10.6 Å². The number of piperazine rings is 1. The van der Waals surface area contributed by atoms with Gasteiger partial charge in [-0.2, -0.15) is 0 Å². The maximum atomic E-state index is 5.97. The van der Waals surface area contributed by atoms with Crippen molar-refractivity contribution < 1.29 is 0 Å². The topological polar surface area (TPSA) is 45.4 Å². The van der Waals surface area contributed by atoms with Gasteiger partial charge in [-0.25, -0.2) is 4.98 Å². The minimum Gasteiger partial charge on any atom is -0.396 e. The molecule has 0 saturated carbocycles. The molecule has 4 nitrogen and oxygen atoms in total. The van der Waals surface area contributed by atoms with Crippen molar-refractivity contribution in [2.45, 2.75) is 13.8 Å². The lowest BCUT2D eigenvalue weighted by atomic mass is 10.2. The van der Waals surface area contributed by atoms with E-state index in [1.165, 1.54) is 0 Å². The molecule has 5 heteroatoms. The fraction of sp³-hybridized carbons (Fsp3) is 0.615. The van der Waals surface area contributed by atoms with E-state index in [4.69, 9.17) is 17.3 Å². The zero-order valence-corrected chi connectivity index (χ0v) is 11.8. The van der Waals surface area contributed by atoms with E-state index in [2.05, 4.69) is 28.6 Å². The second-order valence-corrected chi connectivity index (χ2v) is 5.68. The van der Waals surface area contributed by atoms with E-state index < -0.39 is 0 Å². The van der Waals surface area contributed by atoms with E-state index >= 15 is 0 Å². The van der Waals surface area contributed by atoms with Gasteiger partial charge in [0.25, 0.3) is 0 Å². The van der Waals surface area contributed by atoms with Crippen LogP contribution in [0.2, 0.25) is 5.02 Å². The van der Waals surface area contributed by atoms with Crippen molar-refractivity contribution in [3.05, 3.63) is 17.3 Å². The maximum Gasteiger partial charge on any atom is 0.151 e. The molecule has 0 aliphatic carbocycles. The van der Waals surface area contributed by atoms with E-state index in [0.717, 1.165) is 44.5 Å². The van der Waals surface area contributed by atoms with E-state index in [0.29, 0.717) is 10.7 Å². The Morgan fingerprint density at radius 3 is 2.56 bits per heavy atom. The summed E-state index contributed by atoms with van der Waals surface area (Å²) < 4.78 is 0. The summed E-state index contributed by atoms with van der Waals surface area (Å²) in [5.41, 5.74) is 6.63. The van der Waals surface area contributed by atoms with E-state index in [1.54, 1.807) is 12.3 Å². The van der Waals surface area contributed by atoms with Gasteiger partial charge in [0.1, 0.15) is 0 Å². The van der Waals surface area contributed by atoms with Crippen molar-refractivity contribution in [2.75, 3.05) is 43.4 Å². The second-order valence-electron chi connectivity index (χ2n) is 5.25. The largest absolute Gasteiger partial charge is 0.396 e. The first kappa shape index (κ1) is 13.4. The highest BCUT2D eigenvalue weighted by molar-refractivity contribution is 6.30. The third-order valence-electron chi connectivity index (χ3n) is 3.16. The number of anilines is 2. The van der Waals surface area contributed by atoms with Crippen LogP contribution in [0.25, 0.3) is 0 Å². The molecule has 0 amide bonds. The van der Waals surface area contributed by atoms with E-state index in [1.807, 2.05) is 0 Å². The number of rotatable bonds is 3. The van der Waals surface area contributed by atoms with Gasteiger partial charge >= 0.3 is 0 Å². The molecule has 1 aliphatic heterocycles. The van der Waals surface area contributed by atoms with Crippen LogP contribution in [0.1, 0.15) is 13.8 Å². The minimum absolute atomic E-state index is 0.592. The maximum absolute atomic E-state index is 5.97. The Labute approximate surface area is 114 Å². The quantitative estimate of drug-likeness (QED) is 0.912. The summed E-state index contributed by atoms with van der Waals surface area (Å²) in [5, 5.41) is 0.592. The average Bonchev–Trinajstić information content (AvgIpc) is 2.30. The number of aromatic nitrogens is 1. The Hall–Kier alpha value is -1.00. The molecule has 0 bridgehead atoms. The van der Waals surface area contributed by atoms with Crippen molar-refractivity contribution in [3.8, 4) is 0 Å². The van der Waals surface area contributed by atoms with Crippen LogP contribution in [0.5, 0.6) is 0 Å². The number of hydrogen-bond donors (Lipinski definition) is 1. The van der Waals surface area contributed by atoms with Crippen LogP contribution in [-0.2, 0) is 0 Å².